The SMILES string of the molecule is CCc1ccc(C(C)N(CC)CC2CCCNC2)s1. The molecular weight excluding hydrogens is 252 g/mol. The lowest BCUT2D eigenvalue weighted by Crippen LogP contribution is -2.39. The number of hydrogen-bond donors (Lipinski definition) is 1. The van der Waals surface area contributed by atoms with E-state index in [1.165, 1.54) is 42.2 Å². The third kappa shape index (κ3) is 4.04. The molecule has 0 spiro atoms. The smallest absolute Gasteiger partial charge is 0.0413 e. The van der Waals surface area contributed by atoms with Crippen LogP contribution < -0.4 is 5.32 Å². The average molecular weight is 280 g/mol. The second kappa shape index (κ2) is 7.41. The van der Waals surface area contributed by atoms with Gasteiger partial charge in [0.2, 0.25) is 0 Å². The van der Waals surface area contributed by atoms with Gasteiger partial charge in [-0.3, -0.25) is 4.90 Å². The number of rotatable bonds is 6. The molecule has 0 aliphatic carbocycles. The van der Waals surface area contributed by atoms with Crippen molar-refractivity contribution in [2.45, 2.75) is 46.1 Å². The summed E-state index contributed by atoms with van der Waals surface area (Å²) in [7, 11) is 0. The topological polar surface area (TPSA) is 15.3 Å². The van der Waals surface area contributed by atoms with Gasteiger partial charge in [0.05, 0.1) is 0 Å². The Balaban J connectivity index is 1.95. The molecule has 0 amide bonds. The summed E-state index contributed by atoms with van der Waals surface area (Å²) < 4.78 is 0. The molecule has 1 saturated heterocycles. The van der Waals surface area contributed by atoms with Crippen molar-refractivity contribution in [3.63, 3.8) is 0 Å². The number of hydrogen-bond acceptors (Lipinski definition) is 3. The van der Waals surface area contributed by atoms with E-state index in [-0.39, 0.29) is 0 Å². The van der Waals surface area contributed by atoms with Crippen LogP contribution in [-0.4, -0.2) is 31.1 Å². The van der Waals surface area contributed by atoms with Crippen molar-refractivity contribution in [3.8, 4) is 0 Å². The summed E-state index contributed by atoms with van der Waals surface area (Å²) in [6.07, 6.45) is 3.90. The highest BCUT2D eigenvalue weighted by Gasteiger charge is 2.21. The quantitative estimate of drug-likeness (QED) is 0.855. The maximum Gasteiger partial charge on any atom is 0.0413 e. The van der Waals surface area contributed by atoms with Crippen LogP contribution in [0.4, 0.5) is 0 Å². The van der Waals surface area contributed by atoms with E-state index in [9.17, 15) is 0 Å². The zero-order valence-corrected chi connectivity index (χ0v) is 13.4. The summed E-state index contributed by atoms with van der Waals surface area (Å²) in [6.45, 7) is 11.7. The van der Waals surface area contributed by atoms with Crippen LogP contribution in [0.25, 0.3) is 0 Å². The van der Waals surface area contributed by atoms with Crippen molar-refractivity contribution in [3.05, 3.63) is 21.9 Å². The Morgan fingerprint density at radius 2 is 2.26 bits per heavy atom. The van der Waals surface area contributed by atoms with Gasteiger partial charge in [-0.05, 0) is 63.9 Å². The molecule has 1 aliphatic rings. The highest BCUT2D eigenvalue weighted by atomic mass is 32.1. The molecule has 2 rings (SSSR count). The van der Waals surface area contributed by atoms with Crippen molar-refractivity contribution >= 4 is 11.3 Å². The molecule has 0 radical (unpaired) electrons. The maximum atomic E-state index is 3.53. The Morgan fingerprint density at radius 1 is 1.42 bits per heavy atom. The predicted molar refractivity (Wildman–Crippen MR) is 85.0 cm³/mol. The fourth-order valence-electron chi connectivity index (χ4n) is 2.96. The van der Waals surface area contributed by atoms with Crippen LogP contribution in [-0.2, 0) is 6.42 Å². The highest BCUT2D eigenvalue weighted by molar-refractivity contribution is 7.12. The second-order valence-electron chi connectivity index (χ2n) is 5.63. The lowest BCUT2D eigenvalue weighted by atomic mass is 9.98. The molecule has 1 aromatic rings. The minimum Gasteiger partial charge on any atom is -0.316 e. The summed E-state index contributed by atoms with van der Waals surface area (Å²) in [5.74, 6) is 0.835. The number of piperidine rings is 1. The number of nitrogens with zero attached hydrogens (tertiary/aromatic N) is 1. The standard InChI is InChI=1S/C16H28N2S/c1-4-15-8-9-16(19-15)13(3)18(5-2)12-14-7-6-10-17-11-14/h8-9,13-14,17H,4-7,10-12H2,1-3H3. The van der Waals surface area contributed by atoms with Gasteiger partial charge in [-0.25, -0.2) is 0 Å². The molecule has 3 heteroatoms. The van der Waals surface area contributed by atoms with Gasteiger partial charge in [0.1, 0.15) is 0 Å². The molecule has 2 atom stereocenters. The number of nitrogens with one attached hydrogen (secondary N) is 1. The fraction of sp³-hybridized carbons (Fsp3) is 0.750. The number of aryl methyl sites for hydroxylation is 1. The van der Waals surface area contributed by atoms with Crippen LogP contribution in [0.15, 0.2) is 12.1 Å². The molecule has 0 saturated carbocycles. The molecule has 1 aromatic heterocycles. The second-order valence-corrected chi connectivity index (χ2v) is 6.83. The summed E-state index contributed by atoms with van der Waals surface area (Å²) in [5.41, 5.74) is 0. The monoisotopic (exact) mass is 280 g/mol. The van der Waals surface area contributed by atoms with Crippen LogP contribution in [0.3, 0.4) is 0 Å². The van der Waals surface area contributed by atoms with Gasteiger partial charge in [0.15, 0.2) is 0 Å². The normalized spacial score (nSPS) is 21.8. The predicted octanol–water partition coefficient (Wildman–Crippen LogP) is 3.69. The zero-order chi connectivity index (χ0) is 13.7. The van der Waals surface area contributed by atoms with E-state index in [0.29, 0.717) is 6.04 Å². The molecule has 19 heavy (non-hydrogen) atoms. The molecule has 108 valence electrons. The first-order valence-corrected chi connectivity index (χ1v) is 8.59. The first-order valence-electron chi connectivity index (χ1n) is 7.78. The van der Waals surface area contributed by atoms with E-state index in [4.69, 9.17) is 0 Å². The van der Waals surface area contributed by atoms with Crippen molar-refractivity contribution in [1.82, 2.24) is 10.2 Å². The highest BCUT2D eigenvalue weighted by Crippen LogP contribution is 2.29. The third-order valence-corrected chi connectivity index (χ3v) is 5.69. The summed E-state index contributed by atoms with van der Waals surface area (Å²) in [6, 6.07) is 5.19. The van der Waals surface area contributed by atoms with Crippen LogP contribution in [0.5, 0.6) is 0 Å². The molecule has 0 aromatic carbocycles. The van der Waals surface area contributed by atoms with E-state index in [1.807, 2.05) is 11.3 Å². The first-order chi connectivity index (χ1) is 9.24. The Bertz CT molecular complexity index is 369. The van der Waals surface area contributed by atoms with Crippen LogP contribution in [0.1, 0.15) is 49.4 Å². The largest absolute Gasteiger partial charge is 0.316 e. The lowest BCUT2D eigenvalue weighted by molar-refractivity contribution is 0.173. The average Bonchev–Trinajstić information content (AvgIpc) is 2.94. The van der Waals surface area contributed by atoms with Gasteiger partial charge in [-0.1, -0.05) is 13.8 Å². The fourth-order valence-corrected chi connectivity index (χ4v) is 4.00. The molecule has 0 bridgehead atoms. The van der Waals surface area contributed by atoms with E-state index in [0.717, 1.165) is 18.9 Å². The van der Waals surface area contributed by atoms with Crippen LogP contribution in [0, 0.1) is 5.92 Å². The van der Waals surface area contributed by atoms with E-state index >= 15 is 0 Å². The Kier molecular flexibility index (Phi) is 5.86. The summed E-state index contributed by atoms with van der Waals surface area (Å²) in [4.78, 5) is 5.68. The minimum atomic E-state index is 0.567. The molecule has 2 nitrogen and oxygen atoms in total. The third-order valence-electron chi connectivity index (χ3n) is 4.29. The Labute approximate surface area is 122 Å². The van der Waals surface area contributed by atoms with Crippen LogP contribution in [0.2, 0.25) is 0 Å². The van der Waals surface area contributed by atoms with E-state index < -0.39 is 0 Å². The van der Waals surface area contributed by atoms with Crippen molar-refractivity contribution in [2.24, 2.45) is 5.92 Å². The lowest BCUT2D eigenvalue weighted by Gasteiger charge is -2.33. The van der Waals surface area contributed by atoms with Crippen molar-refractivity contribution < 1.29 is 0 Å². The molecule has 2 unspecified atom stereocenters. The summed E-state index contributed by atoms with van der Waals surface area (Å²) in [5, 5.41) is 3.53. The molecule has 2 heterocycles. The maximum absolute atomic E-state index is 3.53. The minimum absolute atomic E-state index is 0.567. The zero-order valence-electron chi connectivity index (χ0n) is 12.6. The first kappa shape index (κ1) is 15.0. The van der Waals surface area contributed by atoms with Gasteiger partial charge in [-0.2, -0.15) is 0 Å². The number of thiophene rings is 1. The van der Waals surface area contributed by atoms with Crippen molar-refractivity contribution in [1.29, 1.82) is 0 Å². The molecule has 1 aliphatic heterocycles. The van der Waals surface area contributed by atoms with Crippen LogP contribution >= 0.6 is 11.3 Å². The Hall–Kier alpha value is -0.380. The van der Waals surface area contributed by atoms with Gasteiger partial charge < -0.3 is 5.32 Å². The van der Waals surface area contributed by atoms with Gasteiger partial charge in [-0.15, -0.1) is 11.3 Å². The Morgan fingerprint density at radius 3 is 2.84 bits per heavy atom. The van der Waals surface area contributed by atoms with Gasteiger partial charge in [0.25, 0.3) is 0 Å². The van der Waals surface area contributed by atoms with Gasteiger partial charge in [0, 0.05) is 22.3 Å². The molecular formula is C16H28N2S. The summed E-state index contributed by atoms with van der Waals surface area (Å²) >= 11 is 1.99. The van der Waals surface area contributed by atoms with Gasteiger partial charge >= 0.3 is 0 Å². The van der Waals surface area contributed by atoms with E-state index in [2.05, 4.69) is 43.1 Å². The van der Waals surface area contributed by atoms with Crippen molar-refractivity contribution in [2.75, 3.05) is 26.2 Å². The molecule has 1 N–H and O–H groups in total. The van der Waals surface area contributed by atoms with E-state index in [1.54, 1.807) is 0 Å². The molecule has 1 fully saturated rings.